The van der Waals surface area contributed by atoms with Crippen LogP contribution in [0.5, 0.6) is 0 Å². The molecule has 2 aromatic heterocycles. The average molecular weight is 613 g/mol. The maximum atomic E-state index is 14.1. The van der Waals surface area contributed by atoms with Gasteiger partial charge in [-0.3, -0.25) is 9.88 Å². The lowest BCUT2D eigenvalue weighted by molar-refractivity contribution is 0.0346. The molecule has 12 heteroatoms. The van der Waals surface area contributed by atoms with E-state index in [1.807, 2.05) is 18.2 Å². The van der Waals surface area contributed by atoms with E-state index in [0.717, 1.165) is 41.0 Å². The van der Waals surface area contributed by atoms with Gasteiger partial charge in [-0.2, -0.15) is 0 Å². The highest BCUT2D eigenvalue weighted by Crippen LogP contribution is 2.34. The number of morpholine rings is 1. The number of benzene rings is 2. The smallest absolute Gasteiger partial charge is 0.329 e. The molecule has 1 aliphatic rings. The van der Waals surface area contributed by atoms with Crippen LogP contribution in [0.1, 0.15) is 27.7 Å². The first kappa shape index (κ1) is 29.8. The van der Waals surface area contributed by atoms with E-state index >= 15 is 0 Å². The predicted octanol–water partition coefficient (Wildman–Crippen LogP) is 5.20. The zero-order chi connectivity index (χ0) is 29.7. The molecular formula is C30H30F2N4O4S2. The molecule has 0 aliphatic carbocycles. The highest BCUT2D eigenvalue weighted by Gasteiger charge is 2.26. The summed E-state index contributed by atoms with van der Waals surface area (Å²) in [6.07, 6.45) is 1.52. The second kappa shape index (κ2) is 13.1. The van der Waals surface area contributed by atoms with Gasteiger partial charge in [0.1, 0.15) is 11.6 Å². The minimum Gasteiger partial charge on any atom is -0.379 e. The number of urea groups is 1. The van der Waals surface area contributed by atoms with Crippen LogP contribution in [0.4, 0.5) is 13.6 Å². The Bertz CT molecular complexity index is 1650. The zero-order valence-electron chi connectivity index (χ0n) is 22.8. The second-order valence-electron chi connectivity index (χ2n) is 9.97. The van der Waals surface area contributed by atoms with Gasteiger partial charge in [0.05, 0.1) is 29.8 Å². The third kappa shape index (κ3) is 7.37. The SMILES string of the molecule is Cc1ccccc1S(=O)(=O)NC(=O)N[C@@H](Cc1cc(F)cc(F)c1)c1ncccc1-c1ccc(CN2CCOCC2)s1. The van der Waals surface area contributed by atoms with Crippen molar-refractivity contribution in [1.29, 1.82) is 0 Å². The lowest BCUT2D eigenvalue weighted by Crippen LogP contribution is -2.42. The number of nitrogens with one attached hydrogen (secondary N) is 2. The number of pyridine rings is 1. The Hall–Kier alpha value is -3.71. The van der Waals surface area contributed by atoms with Crippen LogP contribution in [0.25, 0.3) is 10.4 Å². The molecule has 0 bridgehead atoms. The van der Waals surface area contributed by atoms with Gasteiger partial charge in [-0.1, -0.05) is 24.3 Å². The van der Waals surface area contributed by atoms with Gasteiger partial charge < -0.3 is 10.1 Å². The molecule has 0 radical (unpaired) electrons. The van der Waals surface area contributed by atoms with E-state index in [2.05, 4.69) is 19.9 Å². The van der Waals surface area contributed by atoms with Crippen molar-refractivity contribution in [3.63, 3.8) is 0 Å². The van der Waals surface area contributed by atoms with Crippen LogP contribution in [0.3, 0.4) is 0 Å². The van der Waals surface area contributed by atoms with Crippen LogP contribution in [-0.4, -0.2) is 50.6 Å². The molecule has 1 saturated heterocycles. The fourth-order valence-electron chi connectivity index (χ4n) is 4.89. The molecule has 42 heavy (non-hydrogen) atoms. The van der Waals surface area contributed by atoms with Crippen molar-refractivity contribution in [1.82, 2.24) is 19.9 Å². The molecule has 2 aromatic carbocycles. The molecule has 0 saturated carbocycles. The Balaban J connectivity index is 1.44. The number of rotatable bonds is 9. The van der Waals surface area contributed by atoms with Crippen LogP contribution < -0.4 is 10.0 Å². The van der Waals surface area contributed by atoms with Crippen LogP contribution in [-0.2, 0) is 27.7 Å². The molecular weight excluding hydrogens is 582 g/mol. The highest BCUT2D eigenvalue weighted by molar-refractivity contribution is 7.90. The van der Waals surface area contributed by atoms with Crippen molar-refractivity contribution in [2.45, 2.75) is 30.8 Å². The lowest BCUT2D eigenvalue weighted by atomic mass is 9.98. The number of aryl methyl sites for hydroxylation is 1. The summed E-state index contributed by atoms with van der Waals surface area (Å²) in [4.78, 5) is 22.0. The largest absolute Gasteiger partial charge is 0.379 e. The predicted molar refractivity (Wildman–Crippen MR) is 156 cm³/mol. The molecule has 3 heterocycles. The average Bonchev–Trinajstić information content (AvgIpc) is 3.41. The third-order valence-corrected chi connectivity index (χ3v) is 9.45. The number of amides is 2. The van der Waals surface area contributed by atoms with E-state index in [-0.39, 0.29) is 16.9 Å². The third-order valence-electron chi connectivity index (χ3n) is 6.86. The van der Waals surface area contributed by atoms with E-state index in [1.54, 1.807) is 48.7 Å². The van der Waals surface area contributed by atoms with Crippen LogP contribution in [0.15, 0.2) is 77.8 Å². The molecule has 1 aliphatic heterocycles. The standard InChI is InChI=1S/C30H30F2N4O4S2/c1-20-5-2-3-7-28(20)42(38,39)35-30(37)34-26(17-21-15-22(31)18-23(32)16-21)29-25(6-4-10-33-29)27-9-8-24(41-27)19-36-11-13-40-14-12-36/h2-10,15-16,18,26H,11-14,17,19H2,1H3,(H2,34,35,37)/t26-/m0/s1. The number of hydrogen-bond acceptors (Lipinski definition) is 7. The number of halogens is 2. The summed E-state index contributed by atoms with van der Waals surface area (Å²) >= 11 is 1.58. The molecule has 0 spiro atoms. The number of sulfonamides is 1. The maximum Gasteiger partial charge on any atom is 0.329 e. The van der Waals surface area contributed by atoms with Crippen LogP contribution in [0, 0.1) is 18.6 Å². The van der Waals surface area contributed by atoms with Crippen molar-refractivity contribution in [3.05, 3.63) is 106 Å². The lowest BCUT2D eigenvalue weighted by Gasteiger charge is -2.25. The van der Waals surface area contributed by atoms with Crippen molar-refractivity contribution in [3.8, 4) is 10.4 Å². The fraction of sp³-hybridized carbons (Fsp3) is 0.267. The number of aromatic nitrogens is 1. The van der Waals surface area contributed by atoms with E-state index in [0.29, 0.717) is 24.5 Å². The van der Waals surface area contributed by atoms with Crippen LogP contribution >= 0.6 is 11.3 Å². The maximum absolute atomic E-state index is 14.1. The topological polar surface area (TPSA) is 101 Å². The normalized spacial score (nSPS) is 14.8. The molecule has 1 atom stereocenters. The first-order valence-corrected chi connectivity index (χ1v) is 15.7. The number of nitrogens with zero attached hydrogens (tertiary/aromatic N) is 2. The summed E-state index contributed by atoms with van der Waals surface area (Å²) in [6.45, 7) is 5.49. The van der Waals surface area contributed by atoms with Gasteiger partial charge in [0, 0.05) is 47.2 Å². The Labute approximate surface area is 247 Å². The first-order valence-electron chi connectivity index (χ1n) is 13.4. The Morgan fingerprint density at radius 3 is 2.52 bits per heavy atom. The zero-order valence-corrected chi connectivity index (χ0v) is 24.5. The summed E-state index contributed by atoms with van der Waals surface area (Å²) in [5.74, 6) is -1.52. The molecule has 2 amide bonds. The quantitative estimate of drug-likeness (QED) is 0.270. The van der Waals surface area contributed by atoms with E-state index < -0.39 is 33.7 Å². The van der Waals surface area contributed by atoms with Gasteiger partial charge in [0.25, 0.3) is 10.0 Å². The number of ether oxygens (including phenoxy) is 1. The first-order chi connectivity index (χ1) is 20.2. The second-order valence-corrected chi connectivity index (χ2v) is 12.8. The molecule has 1 fully saturated rings. The molecule has 220 valence electrons. The molecule has 2 N–H and O–H groups in total. The van der Waals surface area contributed by atoms with Gasteiger partial charge in [-0.25, -0.2) is 26.7 Å². The Morgan fingerprint density at radius 1 is 1.05 bits per heavy atom. The van der Waals surface area contributed by atoms with Gasteiger partial charge in [0.2, 0.25) is 0 Å². The van der Waals surface area contributed by atoms with E-state index in [1.165, 1.54) is 18.2 Å². The van der Waals surface area contributed by atoms with Crippen LogP contribution in [0.2, 0.25) is 0 Å². The van der Waals surface area contributed by atoms with Gasteiger partial charge in [0.15, 0.2) is 0 Å². The highest BCUT2D eigenvalue weighted by atomic mass is 32.2. The van der Waals surface area contributed by atoms with Gasteiger partial charge in [-0.15, -0.1) is 11.3 Å². The van der Waals surface area contributed by atoms with Crippen molar-refractivity contribution in [2.75, 3.05) is 26.3 Å². The summed E-state index contributed by atoms with van der Waals surface area (Å²) < 4.78 is 61.6. The van der Waals surface area contributed by atoms with E-state index in [4.69, 9.17) is 4.74 Å². The summed E-state index contributed by atoms with van der Waals surface area (Å²) in [6, 6.07) is 15.1. The van der Waals surface area contributed by atoms with Gasteiger partial charge in [-0.05, 0) is 60.9 Å². The Morgan fingerprint density at radius 2 is 1.79 bits per heavy atom. The number of carbonyl (C=O) groups is 1. The number of thiophene rings is 1. The monoisotopic (exact) mass is 612 g/mol. The molecule has 5 rings (SSSR count). The molecule has 0 unspecified atom stereocenters. The molecule has 8 nitrogen and oxygen atoms in total. The van der Waals surface area contributed by atoms with E-state index in [9.17, 15) is 22.0 Å². The van der Waals surface area contributed by atoms with Crippen molar-refractivity contribution >= 4 is 27.4 Å². The molecule has 4 aromatic rings. The summed E-state index contributed by atoms with van der Waals surface area (Å²) in [5.41, 5.74) is 1.91. The minimum absolute atomic E-state index is 0.0335. The minimum atomic E-state index is -4.19. The summed E-state index contributed by atoms with van der Waals surface area (Å²) in [5, 5.41) is 2.69. The summed E-state index contributed by atoms with van der Waals surface area (Å²) in [7, 11) is -4.19. The fourth-order valence-corrected chi connectivity index (χ4v) is 7.14. The van der Waals surface area contributed by atoms with Crippen molar-refractivity contribution in [2.24, 2.45) is 0 Å². The number of hydrogen-bond donors (Lipinski definition) is 2. The Kier molecular flexibility index (Phi) is 9.27. The van der Waals surface area contributed by atoms with Crippen molar-refractivity contribution < 1.29 is 26.7 Å². The number of carbonyl (C=O) groups excluding carboxylic acids is 1. The van der Waals surface area contributed by atoms with Gasteiger partial charge >= 0.3 is 6.03 Å².